The van der Waals surface area contributed by atoms with E-state index < -0.39 is 0 Å². The fraction of sp³-hybridized carbons (Fsp3) is 0.714. The highest BCUT2D eigenvalue weighted by molar-refractivity contribution is 5.47. The van der Waals surface area contributed by atoms with E-state index in [2.05, 4.69) is 29.1 Å². The van der Waals surface area contributed by atoms with Crippen molar-refractivity contribution in [3.05, 3.63) is 17.6 Å². The molecule has 1 aromatic rings. The van der Waals surface area contributed by atoms with Crippen molar-refractivity contribution in [1.82, 2.24) is 9.97 Å². The second-order valence-corrected chi connectivity index (χ2v) is 5.22. The smallest absolute Gasteiger partial charge is 0.132 e. The number of aromatic nitrogens is 2. The lowest BCUT2D eigenvalue weighted by Crippen LogP contribution is -2.13. The highest BCUT2D eigenvalue weighted by Gasteiger charge is 2.16. The molecule has 1 N–H and O–H groups in total. The molecule has 0 saturated carbocycles. The minimum atomic E-state index is 0.711. The van der Waals surface area contributed by atoms with Gasteiger partial charge in [-0.3, -0.25) is 0 Å². The summed E-state index contributed by atoms with van der Waals surface area (Å²) in [6.45, 7) is 6.84. The maximum absolute atomic E-state index is 5.58. The van der Waals surface area contributed by atoms with Gasteiger partial charge in [-0.1, -0.05) is 13.8 Å². The summed E-state index contributed by atoms with van der Waals surface area (Å²) in [5, 5.41) is 3.36. The standard InChI is InChI=1S/C14H23N3O/c1-11(2)6-8-18-9-7-15-14-12-4-3-5-13(12)16-10-17-14/h10-11H,3-9H2,1-2H3,(H,15,16,17). The Kier molecular flexibility index (Phi) is 4.93. The maximum atomic E-state index is 5.58. The zero-order valence-electron chi connectivity index (χ0n) is 11.4. The fourth-order valence-corrected chi connectivity index (χ4v) is 2.17. The van der Waals surface area contributed by atoms with E-state index in [1.807, 2.05) is 0 Å². The Balaban J connectivity index is 1.70. The van der Waals surface area contributed by atoms with Crippen molar-refractivity contribution >= 4 is 5.82 Å². The van der Waals surface area contributed by atoms with Gasteiger partial charge in [0.05, 0.1) is 6.61 Å². The van der Waals surface area contributed by atoms with Gasteiger partial charge in [0.25, 0.3) is 0 Å². The van der Waals surface area contributed by atoms with Crippen molar-refractivity contribution in [3.8, 4) is 0 Å². The lowest BCUT2D eigenvalue weighted by atomic mass is 10.1. The van der Waals surface area contributed by atoms with E-state index in [-0.39, 0.29) is 0 Å². The molecule has 2 rings (SSSR count). The maximum Gasteiger partial charge on any atom is 0.132 e. The summed E-state index contributed by atoms with van der Waals surface area (Å²) in [5.41, 5.74) is 2.52. The zero-order valence-corrected chi connectivity index (χ0v) is 11.4. The Morgan fingerprint density at radius 3 is 3.00 bits per heavy atom. The van der Waals surface area contributed by atoms with Crippen LogP contribution in [0.2, 0.25) is 0 Å². The second kappa shape index (κ2) is 6.69. The molecule has 0 atom stereocenters. The van der Waals surface area contributed by atoms with Crippen LogP contribution in [0.5, 0.6) is 0 Å². The average Bonchev–Trinajstić information content (AvgIpc) is 2.82. The largest absolute Gasteiger partial charge is 0.380 e. The lowest BCUT2D eigenvalue weighted by molar-refractivity contribution is 0.132. The molecule has 1 aliphatic rings. The Morgan fingerprint density at radius 2 is 2.17 bits per heavy atom. The number of anilines is 1. The van der Waals surface area contributed by atoms with E-state index in [1.165, 1.54) is 17.7 Å². The average molecular weight is 249 g/mol. The van der Waals surface area contributed by atoms with Crippen molar-refractivity contribution < 1.29 is 4.74 Å². The molecule has 0 aromatic carbocycles. The van der Waals surface area contributed by atoms with Gasteiger partial charge in [0.2, 0.25) is 0 Å². The van der Waals surface area contributed by atoms with Crippen molar-refractivity contribution in [2.45, 2.75) is 39.5 Å². The number of hydrogen-bond donors (Lipinski definition) is 1. The van der Waals surface area contributed by atoms with Crippen LogP contribution in [0.15, 0.2) is 6.33 Å². The van der Waals surface area contributed by atoms with Gasteiger partial charge in [-0.2, -0.15) is 0 Å². The first-order valence-electron chi connectivity index (χ1n) is 6.91. The summed E-state index contributed by atoms with van der Waals surface area (Å²) in [6.07, 6.45) is 6.19. The SMILES string of the molecule is CC(C)CCOCCNc1ncnc2c1CCC2. The molecule has 0 unspecified atom stereocenters. The highest BCUT2D eigenvalue weighted by atomic mass is 16.5. The van der Waals surface area contributed by atoms with Crippen LogP contribution in [0.4, 0.5) is 5.82 Å². The number of nitrogens with zero attached hydrogens (tertiary/aromatic N) is 2. The van der Waals surface area contributed by atoms with E-state index >= 15 is 0 Å². The number of hydrogen-bond acceptors (Lipinski definition) is 4. The van der Waals surface area contributed by atoms with Crippen molar-refractivity contribution in [2.75, 3.05) is 25.1 Å². The van der Waals surface area contributed by atoms with E-state index in [9.17, 15) is 0 Å². The number of aryl methyl sites for hydroxylation is 1. The molecule has 0 amide bonds. The topological polar surface area (TPSA) is 47.0 Å². The van der Waals surface area contributed by atoms with Crippen LogP contribution >= 0.6 is 0 Å². The van der Waals surface area contributed by atoms with Crippen LogP contribution < -0.4 is 5.32 Å². The van der Waals surface area contributed by atoms with Gasteiger partial charge in [0, 0.05) is 24.4 Å². The first-order chi connectivity index (χ1) is 8.77. The molecular formula is C14H23N3O. The number of rotatable bonds is 7. The monoisotopic (exact) mass is 249 g/mol. The molecule has 0 fully saturated rings. The minimum absolute atomic E-state index is 0.711. The lowest BCUT2D eigenvalue weighted by Gasteiger charge is -2.10. The first-order valence-corrected chi connectivity index (χ1v) is 6.91. The summed E-state index contributed by atoms with van der Waals surface area (Å²) in [7, 11) is 0. The quantitative estimate of drug-likeness (QED) is 0.754. The van der Waals surface area contributed by atoms with Crippen LogP contribution in [-0.4, -0.2) is 29.7 Å². The summed E-state index contributed by atoms with van der Waals surface area (Å²) in [4.78, 5) is 8.63. The molecule has 0 bridgehead atoms. The van der Waals surface area contributed by atoms with Crippen LogP contribution in [0.25, 0.3) is 0 Å². The Bertz CT molecular complexity index is 379. The molecule has 0 radical (unpaired) electrons. The second-order valence-electron chi connectivity index (χ2n) is 5.22. The van der Waals surface area contributed by atoms with Crippen LogP contribution in [-0.2, 0) is 17.6 Å². The first kappa shape index (κ1) is 13.3. The van der Waals surface area contributed by atoms with E-state index in [0.29, 0.717) is 5.92 Å². The molecule has 18 heavy (non-hydrogen) atoms. The van der Waals surface area contributed by atoms with Gasteiger partial charge < -0.3 is 10.1 Å². The van der Waals surface area contributed by atoms with Crippen molar-refractivity contribution in [3.63, 3.8) is 0 Å². The third-order valence-corrected chi connectivity index (χ3v) is 3.25. The molecule has 1 heterocycles. The van der Waals surface area contributed by atoms with E-state index in [1.54, 1.807) is 6.33 Å². The predicted octanol–water partition coefficient (Wildman–Crippen LogP) is 2.44. The van der Waals surface area contributed by atoms with Gasteiger partial charge in [0.15, 0.2) is 0 Å². The summed E-state index contributed by atoms with van der Waals surface area (Å²) < 4.78 is 5.58. The molecule has 100 valence electrons. The molecular weight excluding hydrogens is 226 g/mol. The van der Waals surface area contributed by atoms with Gasteiger partial charge in [0.1, 0.15) is 12.1 Å². The van der Waals surface area contributed by atoms with E-state index in [0.717, 1.165) is 44.8 Å². The summed E-state index contributed by atoms with van der Waals surface area (Å²) in [6, 6.07) is 0. The fourth-order valence-electron chi connectivity index (χ4n) is 2.17. The van der Waals surface area contributed by atoms with Gasteiger partial charge in [-0.05, 0) is 31.6 Å². The molecule has 0 spiro atoms. The van der Waals surface area contributed by atoms with Crippen LogP contribution in [0.1, 0.15) is 37.9 Å². The minimum Gasteiger partial charge on any atom is -0.380 e. The molecule has 0 saturated heterocycles. The highest BCUT2D eigenvalue weighted by Crippen LogP contribution is 2.24. The van der Waals surface area contributed by atoms with Crippen LogP contribution in [0, 0.1) is 5.92 Å². The van der Waals surface area contributed by atoms with Gasteiger partial charge in [-0.25, -0.2) is 9.97 Å². The zero-order chi connectivity index (χ0) is 12.8. The molecule has 4 nitrogen and oxygen atoms in total. The van der Waals surface area contributed by atoms with E-state index in [4.69, 9.17) is 4.74 Å². The summed E-state index contributed by atoms with van der Waals surface area (Å²) in [5.74, 6) is 1.72. The number of nitrogens with one attached hydrogen (secondary N) is 1. The Labute approximate surface area is 109 Å². The van der Waals surface area contributed by atoms with Gasteiger partial charge in [-0.15, -0.1) is 0 Å². The third-order valence-electron chi connectivity index (χ3n) is 3.25. The molecule has 0 aliphatic heterocycles. The Hall–Kier alpha value is -1.16. The molecule has 1 aliphatic carbocycles. The predicted molar refractivity (Wildman–Crippen MR) is 72.8 cm³/mol. The molecule has 1 aromatic heterocycles. The summed E-state index contributed by atoms with van der Waals surface area (Å²) >= 11 is 0. The number of fused-ring (bicyclic) bond motifs is 1. The van der Waals surface area contributed by atoms with Crippen molar-refractivity contribution in [1.29, 1.82) is 0 Å². The number of ether oxygens (including phenoxy) is 1. The Morgan fingerprint density at radius 1 is 1.28 bits per heavy atom. The third kappa shape index (κ3) is 3.67. The normalized spacial score (nSPS) is 13.9. The molecule has 4 heteroatoms. The van der Waals surface area contributed by atoms with Gasteiger partial charge >= 0.3 is 0 Å². The van der Waals surface area contributed by atoms with Crippen LogP contribution in [0.3, 0.4) is 0 Å². The van der Waals surface area contributed by atoms with Crippen molar-refractivity contribution in [2.24, 2.45) is 5.92 Å².